The van der Waals surface area contributed by atoms with Crippen LogP contribution in [0.3, 0.4) is 0 Å². The van der Waals surface area contributed by atoms with Gasteiger partial charge in [0, 0.05) is 6.20 Å². The van der Waals surface area contributed by atoms with Gasteiger partial charge in [-0.05, 0) is 36.7 Å². The lowest BCUT2D eigenvalue weighted by molar-refractivity contribution is 0.474. The lowest BCUT2D eigenvalue weighted by Crippen LogP contribution is -2.24. The average molecular weight is 311 g/mol. The molecule has 0 amide bonds. The summed E-state index contributed by atoms with van der Waals surface area (Å²) < 4.78 is 0. The van der Waals surface area contributed by atoms with Crippen molar-refractivity contribution in [3.63, 3.8) is 0 Å². The molecule has 0 radical (unpaired) electrons. The largest absolute Gasteiger partial charge is 0.508 e. The fourth-order valence-corrected chi connectivity index (χ4v) is 2.57. The summed E-state index contributed by atoms with van der Waals surface area (Å²) in [5, 5.41) is 13.8. The Balaban J connectivity index is 2.24. The van der Waals surface area contributed by atoms with E-state index in [1.54, 1.807) is 24.4 Å². The van der Waals surface area contributed by atoms with Crippen molar-refractivity contribution in [2.75, 3.05) is 6.54 Å². The van der Waals surface area contributed by atoms with E-state index >= 15 is 0 Å². The standard InChI is InChI=1S/C15H16Cl2N2O/c1-2-18-14(7-10-3-5-12(20)6-4-10)15-13(17)8-11(16)9-19-15/h3-6,8-9,14,18,20H,2,7H2,1H3. The van der Waals surface area contributed by atoms with Crippen molar-refractivity contribution in [2.24, 2.45) is 0 Å². The fraction of sp³-hybridized carbons (Fsp3) is 0.267. The van der Waals surface area contributed by atoms with Gasteiger partial charge in [0.15, 0.2) is 0 Å². The van der Waals surface area contributed by atoms with Crippen molar-refractivity contribution in [3.8, 4) is 5.75 Å². The molecule has 2 aromatic rings. The number of nitrogens with zero attached hydrogens (tertiary/aromatic N) is 1. The van der Waals surface area contributed by atoms with Crippen molar-refractivity contribution in [3.05, 3.63) is 57.8 Å². The summed E-state index contributed by atoms with van der Waals surface area (Å²) >= 11 is 12.1. The van der Waals surface area contributed by atoms with E-state index in [0.29, 0.717) is 10.0 Å². The van der Waals surface area contributed by atoms with E-state index in [-0.39, 0.29) is 11.8 Å². The minimum absolute atomic E-state index is 0.00862. The van der Waals surface area contributed by atoms with Gasteiger partial charge in [-0.1, -0.05) is 42.3 Å². The van der Waals surface area contributed by atoms with Crippen LogP contribution in [0.25, 0.3) is 0 Å². The van der Waals surface area contributed by atoms with Gasteiger partial charge in [-0.3, -0.25) is 4.98 Å². The molecule has 0 bridgehead atoms. The summed E-state index contributed by atoms with van der Waals surface area (Å²) in [6.07, 6.45) is 2.34. The van der Waals surface area contributed by atoms with Crippen LogP contribution in [0.2, 0.25) is 10.0 Å². The van der Waals surface area contributed by atoms with E-state index in [0.717, 1.165) is 24.2 Å². The number of aromatic nitrogens is 1. The molecule has 0 saturated carbocycles. The van der Waals surface area contributed by atoms with Gasteiger partial charge >= 0.3 is 0 Å². The zero-order valence-corrected chi connectivity index (χ0v) is 12.6. The van der Waals surface area contributed by atoms with Crippen molar-refractivity contribution in [2.45, 2.75) is 19.4 Å². The van der Waals surface area contributed by atoms with Crippen molar-refractivity contribution >= 4 is 23.2 Å². The van der Waals surface area contributed by atoms with E-state index in [9.17, 15) is 5.11 Å². The van der Waals surface area contributed by atoms with E-state index in [1.165, 1.54) is 0 Å². The molecule has 0 fully saturated rings. The number of nitrogens with one attached hydrogen (secondary N) is 1. The molecule has 0 aliphatic heterocycles. The van der Waals surface area contributed by atoms with Crippen LogP contribution in [0.15, 0.2) is 36.5 Å². The lowest BCUT2D eigenvalue weighted by atomic mass is 10.0. The van der Waals surface area contributed by atoms with Gasteiger partial charge in [0.2, 0.25) is 0 Å². The summed E-state index contributed by atoms with van der Waals surface area (Å²) in [6, 6.07) is 8.85. The summed E-state index contributed by atoms with van der Waals surface area (Å²) in [4.78, 5) is 4.33. The lowest BCUT2D eigenvalue weighted by Gasteiger charge is -2.18. The molecule has 1 atom stereocenters. The molecule has 20 heavy (non-hydrogen) atoms. The van der Waals surface area contributed by atoms with Crippen LogP contribution in [0.5, 0.6) is 5.75 Å². The molecule has 5 heteroatoms. The summed E-state index contributed by atoms with van der Waals surface area (Å²) in [6.45, 7) is 2.84. The van der Waals surface area contributed by atoms with E-state index in [4.69, 9.17) is 23.2 Å². The number of phenols is 1. The number of halogens is 2. The second-order valence-corrected chi connectivity index (χ2v) is 5.35. The highest BCUT2D eigenvalue weighted by atomic mass is 35.5. The second kappa shape index (κ2) is 6.93. The van der Waals surface area contributed by atoms with Gasteiger partial charge in [-0.2, -0.15) is 0 Å². The Labute approximate surface area is 128 Å². The van der Waals surface area contributed by atoms with Crippen molar-refractivity contribution in [1.82, 2.24) is 10.3 Å². The van der Waals surface area contributed by atoms with E-state index in [2.05, 4.69) is 10.3 Å². The van der Waals surface area contributed by atoms with Gasteiger partial charge in [0.25, 0.3) is 0 Å². The summed E-state index contributed by atoms with van der Waals surface area (Å²) in [5.41, 5.74) is 1.88. The van der Waals surface area contributed by atoms with E-state index in [1.807, 2.05) is 19.1 Å². The maximum Gasteiger partial charge on any atom is 0.115 e. The third-order valence-electron chi connectivity index (χ3n) is 2.99. The molecule has 0 aliphatic carbocycles. The minimum Gasteiger partial charge on any atom is -0.508 e. The number of hydrogen-bond donors (Lipinski definition) is 2. The number of pyridine rings is 1. The second-order valence-electron chi connectivity index (χ2n) is 4.50. The highest BCUT2D eigenvalue weighted by Crippen LogP contribution is 2.26. The molecule has 0 spiro atoms. The van der Waals surface area contributed by atoms with Gasteiger partial charge in [-0.15, -0.1) is 0 Å². The third-order valence-corrected chi connectivity index (χ3v) is 3.50. The molecule has 1 aromatic carbocycles. The maximum absolute atomic E-state index is 9.32. The topological polar surface area (TPSA) is 45.1 Å². The Kier molecular flexibility index (Phi) is 5.24. The Morgan fingerprint density at radius 1 is 1.25 bits per heavy atom. The first kappa shape index (κ1) is 15.1. The molecule has 0 aliphatic rings. The molecule has 0 saturated heterocycles. The molecule has 1 heterocycles. The number of aromatic hydroxyl groups is 1. The molecule has 2 N–H and O–H groups in total. The predicted octanol–water partition coefficient (Wildman–Crippen LogP) is 3.99. The van der Waals surface area contributed by atoms with E-state index < -0.39 is 0 Å². The summed E-state index contributed by atoms with van der Waals surface area (Å²) in [5.74, 6) is 0.261. The Bertz CT molecular complexity index is 573. The molecule has 106 valence electrons. The van der Waals surface area contributed by atoms with Crippen LogP contribution in [-0.4, -0.2) is 16.6 Å². The average Bonchev–Trinajstić information content (AvgIpc) is 2.41. The Morgan fingerprint density at radius 3 is 2.55 bits per heavy atom. The normalized spacial score (nSPS) is 12.3. The molecular weight excluding hydrogens is 295 g/mol. The minimum atomic E-state index is 0.00862. The molecule has 1 unspecified atom stereocenters. The van der Waals surface area contributed by atoms with Crippen LogP contribution >= 0.6 is 23.2 Å². The van der Waals surface area contributed by atoms with Gasteiger partial charge in [0.1, 0.15) is 5.75 Å². The SMILES string of the molecule is CCNC(Cc1ccc(O)cc1)c1ncc(Cl)cc1Cl. The zero-order chi connectivity index (χ0) is 14.5. The van der Waals surface area contributed by atoms with Crippen molar-refractivity contribution < 1.29 is 5.11 Å². The third kappa shape index (κ3) is 3.85. The van der Waals surface area contributed by atoms with Crippen molar-refractivity contribution in [1.29, 1.82) is 0 Å². The number of rotatable bonds is 5. The van der Waals surface area contributed by atoms with Gasteiger partial charge < -0.3 is 10.4 Å². The van der Waals surface area contributed by atoms with Gasteiger partial charge in [0.05, 0.1) is 21.8 Å². The molecule has 1 aromatic heterocycles. The molecule has 3 nitrogen and oxygen atoms in total. The van der Waals surface area contributed by atoms with Crippen LogP contribution in [-0.2, 0) is 6.42 Å². The first-order chi connectivity index (χ1) is 9.60. The van der Waals surface area contributed by atoms with Crippen LogP contribution in [0.1, 0.15) is 24.2 Å². The number of phenolic OH excluding ortho intramolecular Hbond substituents is 1. The monoisotopic (exact) mass is 310 g/mol. The molecule has 2 rings (SSSR count). The van der Waals surface area contributed by atoms with Crippen LogP contribution in [0, 0.1) is 0 Å². The maximum atomic E-state index is 9.32. The highest BCUT2D eigenvalue weighted by molar-refractivity contribution is 6.34. The summed E-state index contributed by atoms with van der Waals surface area (Å²) in [7, 11) is 0. The smallest absolute Gasteiger partial charge is 0.115 e. The number of benzene rings is 1. The number of likely N-dealkylation sites (N-methyl/N-ethyl adjacent to an activating group) is 1. The Morgan fingerprint density at radius 2 is 1.95 bits per heavy atom. The first-order valence-corrected chi connectivity index (χ1v) is 7.18. The quantitative estimate of drug-likeness (QED) is 0.877. The zero-order valence-electron chi connectivity index (χ0n) is 11.1. The highest BCUT2D eigenvalue weighted by Gasteiger charge is 2.16. The number of hydrogen-bond acceptors (Lipinski definition) is 3. The fourth-order valence-electron chi connectivity index (χ4n) is 2.06. The Hall–Kier alpha value is -1.29. The van der Waals surface area contributed by atoms with Gasteiger partial charge in [-0.25, -0.2) is 0 Å². The first-order valence-electron chi connectivity index (χ1n) is 6.42. The van der Waals surface area contributed by atoms with Crippen LogP contribution < -0.4 is 5.32 Å². The predicted molar refractivity (Wildman–Crippen MR) is 82.5 cm³/mol. The van der Waals surface area contributed by atoms with Crippen LogP contribution in [0.4, 0.5) is 0 Å². The molecular formula is C15H16Cl2N2O.